The lowest BCUT2D eigenvalue weighted by atomic mass is 10.2. The molecule has 0 bridgehead atoms. The number of hydrogen-bond donors (Lipinski definition) is 3. The Labute approximate surface area is 74.1 Å². The number of benzene rings is 1. The molecule has 1 aromatic rings. The van der Waals surface area contributed by atoms with Gasteiger partial charge in [-0.2, -0.15) is 5.90 Å². The molecular formula is C7H9N3O3. The molecule has 1 aliphatic rings. The van der Waals surface area contributed by atoms with Crippen LogP contribution in [0.5, 0.6) is 17.2 Å². The first-order chi connectivity index (χ1) is 6.20. The van der Waals surface area contributed by atoms with Crippen LogP contribution >= 0.6 is 0 Å². The quantitative estimate of drug-likeness (QED) is 0.401. The standard InChI is InChI=1S/C7H9N3O3/c8-3-1-5-6(2-4(3)13-10)12-7(9)11-5/h1-2,7H,8-10H2. The number of anilines is 1. The van der Waals surface area contributed by atoms with Gasteiger partial charge in [-0.05, 0) is 0 Å². The predicted molar refractivity (Wildman–Crippen MR) is 44.9 cm³/mol. The highest BCUT2D eigenvalue weighted by molar-refractivity contribution is 5.62. The minimum absolute atomic E-state index is 0.330. The normalized spacial score (nSPS) is 18.8. The molecule has 0 amide bonds. The summed E-state index contributed by atoms with van der Waals surface area (Å²) < 4.78 is 10.1. The Hall–Kier alpha value is -1.66. The van der Waals surface area contributed by atoms with Gasteiger partial charge in [0.15, 0.2) is 17.2 Å². The van der Waals surface area contributed by atoms with Gasteiger partial charge in [0, 0.05) is 12.1 Å². The van der Waals surface area contributed by atoms with Crippen molar-refractivity contribution in [3.05, 3.63) is 12.1 Å². The highest BCUT2D eigenvalue weighted by Gasteiger charge is 2.22. The Morgan fingerprint density at radius 3 is 2.46 bits per heavy atom. The summed E-state index contributed by atoms with van der Waals surface area (Å²) in [4.78, 5) is 4.50. The summed E-state index contributed by atoms with van der Waals surface area (Å²) in [7, 11) is 0. The van der Waals surface area contributed by atoms with E-state index in [0.717, 1.165) is 0 Å². The third-order valence-electron chi connectivity index (χ3n) is 1.69. The summed E-state index contributed by atoms with van der Waals surface area (Å²) in [5.74, 6) is 6.27. The average Bonchev–Trinajstić information content (AvgIpc) is 2.42. The second-order valence-electron chi connectivity index (χ2n) is 2.56. The van der Waals surface area contributed by atoms with E-state index in [1.165, 1.54) is 6.07 Å². The second-order valence-corrected chi connectivity index (χ2v) is 2.56. The molecule has 0 saturated carbocycles. The number of nitrogen functional groups attached to an aromatic ring is 1. The van der Waals surface area contributed by atoms with E-state index >= 15 is 0 Å². The molecule has 6 heteroatoms. The van der Waals surface area contributed by atoms with E-state index in [9.17, 15) is 0 Å². The lowest BCUT2D eigenvalue weighted by Crippen LogP contribution is -2.28. The summed E-state index contributed by atoms with van der Waals surface area (Å²) in [6, 6.07) is 3.07. The fourth-order valence-corrected chi connectivity index (χ4v) is 1.12. The van der Waals surface area contributed by atoms with Crippen molar-refractivity contribution in [3.63, 3.8) is 0 Å². The maximum Gasteiger partial charge on any atom is 0.300 e. The summed E-state index contributed by atoms with van der Waals surface area (Å²) in [5, 5.41) is 0. The van der Waals surface area contributed by atoms with Gasteiger partial charge in [-0.1, -0.05) is 0 Å². The van der Waals surface area contributed by atoms with Crippen LogP contribution in [0.3, 0.4) is 0 Å². The highest BCUT2D eigenvalue weighted by atomic mass is 16.7. The van der Waals surface area contributed by atoms with Gasteiger partial charge >= 0.3 is 0 Å². The topological polar surface area (TPSA) is 106 Å². The number of fused-ring (bicyclic) bond motifs is 1. The zero-order valence-corrected chi connectivity index (χ0v) is 6.69. The SMILES string of the molecule is NOc1cc2c(cc1N)OC(N)O2. The van der Waals surface area contributed by atoms with Crippen LogP contribution in [-0.2, 0) is 0 Å². The Balaban J connectivity index is 2.44. The molecule has 1 aromatic carbocycles. The van der Waals surface area contributed by atoms with E-state index in [1.807, 2.05) is 0 Å². The Morgan fingerprint density at radius 2 is 1.85 bits per heavy atom. The van der Waals surface area contributed by atoms with Gasteiger partial charge in [0.1, 0.15) is 0 Å². The third-order valence-corrected chi connectivity index (χ3v) is 1.69. The van der Waals surface area contributed by atoms with Gasteiger partial charge in [0.05, 0.1) is 5.69 Å². The van der Waals surface area contributed by atoms with Crippen molar-refractivity contribution in [2.45, 2.75) is 6.41 Å². The maximum atomic E-state index is 5.57. The molecule has 0 radical (unpaired) electrons. The van der Waals surface area contributed by atoms with Crippen LogP contribution in [0.1, 0.15) is 0 Å². The number of rotatable bonds is 1. The average molecular weight is 183 g/mol. The van der Waals surface area contributed by atoms with Crippen molar-refractivity contribution < 1.29 is 14.3 Å². The molecule has 0 aliphatic carbocycles. The number of hydrogen-bond acceptors (Lipinski definition) is 6. The van der Waals surface area contributed by atoms with Crippen LogP contribution in [0, 0.1) is 0 Å². The molecule has 1 unspecified atom stereocenters. The minimum Gasteiger partial charge on any atom is -0.438 e. The zero-order chi connectivity index (χ0) is 9.42. The van der Waals surface area contributed by atoms with E-state index in [-0.39, 0.29) is 0 Å². The Bertz CT molecular complexity index is 342. The van der Waals surface area contributed by atoms with Gasteiger partial charge in [0.2, 0.25) is 0 Å². The molecule has 1 heterocycles. The lowest BCUT2D eigenvalue weighted by molar-refractivity contribution is 0.0561. The second kappa shape index (κ2) is 2.68. The fourth-order valence-electron chi connectivity index (χ4n) is 1.12. The molecule has 1 atom stereocenters. The molecule has 0 aromatic heterocycles. The van der Waals surface area contributed by atoms with Crippen LogP contribution < -0.4 is 31.7 Å². The molecule has 70 valence electrons. The van der Waals surface area contributed by atoms with E-state index < -0.39 is 6.41 Å². The van der Waals surface area contributed by atoms with Gasteiger partial charge in [-0.3, -0.25) is 5.73 Å². The Kier molecular flexibility index (Phi) is 1.64. The van der Waals surface area contributed by atoms with Crippen molar-refractivity contribution >= 4 is 5.69 Å². The Morgan fingerprint density at radius 1 is 1.23 bits per heavy atom. The fraction of sp³-hybridized carbons (Fsp3) is 0.143. The maximum absolute atomic E-state index is 5.57. The van der Waals surface area contributed by atoms with Crippen molar-refractivity contribution in [3.8, 4) is 17.2 Å². The molecule has 13 heavy (non-hydrogen) atoms. The van der Waals surface area contributed by atoms with Crippen LogP contribution in [0.2, 0.25) is 0 Å². The molecule has 0 spiro atoms. The van der Waals surface area contributed by atoms with E-state index in [1.54, 1.807) is 6.07 Å². The third kappa shape index (κ3) is 1.21. The smallest absolute Gasteiger partial charge is 0.300 e. The van der Waals surface area contributed by atoms with Gasteiger partial charge in [-0.15, -0.1) is 0 Å². The first-order valence-corrected chi connectivity index (χ1v) is 3.60. The number of ether oxygens (including phenoxy) is 2. The minimum atomic E-state index is -0.789. The lowest BCUT2D eigenvalue weighted by Gasteiger charge is -2.03. The molecule has 6 nitrogen and oxygen atoms in total. The first kappa shape index (κ1) is 7.96. The molecular weight excluding hydrogens is 174 g/mol. The van der Waals surface area contributed by atoms with Crippen molar-refractivity contribution in [1.29, 1.82) is 0 Å². The van der Waals surface area contributed by atoms with E-state index in [4.69, 9.17) is 26.8 Å². The first-order valence-electron chi connectivity index (χ1n) is 3.60. The predicted octanol–water partition coefficient (Wildman–Crippen LogP) is -0.465. The van der Waals surface area contributed by atoms with Gasteiger partial charge in [-0.25, -0.2) is 0 Å². The summed E-state index contributed by atoms with van der Waals surface area (Å²) in [5.41, 5.74) is 11.3. The highest BCUT2D eigenvalue weighted by Crippen LogP contribution is 2.39. The molecule has 6 N–H and O–H groups in total. The van der Waals surface area contributed by atoms with E-state index in [0.29, 0.717) is 22.9 Å². The van der Waals surface area contributed by atoms with Gasteiger partial charge in [0.25, 0.3) is 6.41 Å². The molecule has 2 rings (SSSR count). The van der Waals surface area contributed by atoms with Crippen molar-refractivity contribution in [1.82, 2.24) is 0 Å². The number of nitrogens with two attached hydrogens (primary N) is 3. The van der Waals surface area contributed by atoms with Crippen LogP contribution in [0.4, 0.5) is 5.69 Å². The molecule has 0 saturated heterocycles. The van der Waals surface area contributed by atoms with E-state index in [2.05, 4.69) is 4.84 Å². The summed E-state index contributed by atoms with van der Waals surface area (Å²) in [6.07, 6.45) is -0.789. The molecule has 1 aliphatic heterocycles. The van der Waals surface area contributed by atoms with Crippen LogP contribution in [-0.4, -0.2) is 6.41 Å². The van der Waals surface area contributed by atoms with Crippen LogP contribution in [0.25, 0.3) is 0 Å². The van der Waals surface area contributed by atoms with Crippen molar-refractivity contribution in [2.75, 3.05) is 5.73 Å². The zero-order valence-electron chi connectivity index (χ0n) is 6.69. The summed E-state index contributed by atoms with van der Waals surface area (Å²) >= 11 is 0. The summed E-state index contributed by atoms with van der Waals surface area (Å²) in [6.45, 7) is 0. The monoisotopic (exact) mass is 183 g/mol. The largest absolute Gasteiger partial charge is 0.438 e. The van der Waals surface area contributed by atoms with Crippen molar-refractivity contribution in [2.24, 2.45) is 11.6 Å². The van der Waals surface area contributed by atoms with Gasteiger partial charge < -0.3 is 20.0 Å². The van der Waals surface area contributed by atoms with Crippen LogP contribution in [0.15, 0.2) is 12.1 Å². The molecule has 0 fully saturated rings.